The Morgan fingerprint density at radius 1 is 0.882 bits per heavy atom. The molecule has 2 aromatic carbocycles. The average molecular weight is 483 g/mol. The maximum atomic E-state index is 14.5. The van der Waals surface area contributed by atoms with E-state index in [-0.39, 0.29) is 24.3 Å². The van der Waals surface area contributed by atoms with Gasteiger partial charge in [0.15, 0.2) is 0 Å². The lowest BCUT2D eigenvalue weighted by Gasteiger charge is -2.29. The van der Waals surface area contributed by atoms with Crippen molar-refractivity contribution in [1.82, 2.24) is 0 Å². The molecule has 0 heterocycles. The Morgan fingerprint density at radius 3 is 2.12 bits per heavy atom. The van der Waals surface area contributed by atoms with Crippen molar-refractivity contribution in [2.75, 3.05) is 6.61 Å². The van der Waals surface area contributed by atoms with Crippen LogP contribution in [0.4, 0.5) is 22.0 Å². The molecule has 7 heteroatoms. The first-order valence-electron chi connectivity index (χ1n) is 11.7. The summed E-state index contributed by atoms with van der Waals surface area (Å²) in [5.74, 6) is 0.799. The molecule has 0 aromatic heterocycles. The third kappa shape index (κ3) is 8.12. The van der Waals surface area contributed by atoms with Crippen LogP contribution in [0.25, 0.3) is 0 Å². The lowest BCUT2D eigenvalue weighted by atomic mass is 9.77. The normalized spacial score (nSPS) is 19.5. The summed E-state index contributed by atoms with van der Waals surface area (Å²) in [4.78, 5) is 0. The number of allylic oxidation sites excluding steroid dienone is 2. The van der Waals surface area contributed by atoms with E-state index in [1.807, 2.05) is 6.92 Å². The maximum Gasteiger partial charge on any atom is 0.573 e. The van der Waals surface area contributed by atoms with Crippen molar-refractivity contribution < 1.29 is 31.4 Å². The largest absolute Gasteiger partial charge is 0.573 e. The average Bonchev–Trinajstić information content (AvgIpc) is 2.80. The van der Waals surface area contributed by atoms with E-state index in [2.05, 4.69) is 16.9 Å². The Balaban J connectivity index is 1.46. The molecule has 0 saturated heterocycles. The van der Waals surface area contributed by atoms with Crippen LogP contribution >= 0.6 is 0 Å². The molecule has 0 N–H and O–H groups in total. The topological polar surface area (TPSA) is 18.5 Å². The van der Waals surface area contributed by atoms with Crippen molar-refractivity contribution in [2.45, 2.75) is 70.3 Å². The number of alkyl halides is 5. The third-order valence-electron chi connectivity index (χ3n) is 6.37. The molecule has 2 aromatic rings. The van der Waals surface area contributed by atoms with Crippen molar-refractivity contribution in [2.24, 2.45) is 5.92 Å². The smallest absolute Gasteiger partial charge is 0.406 e. The molecule has 186 valence electrons. The molecule has 0 amide bonds. The van der Waals surface area contributed by atoms with E-state index < -0.39 is 12.5 Å². The summed E-state index contributed by atoms with van der Waals surface area (Å²) < 4.78 is 74.3. The van der Waals surface area contributed by atoms with Gasteiger partial charge in [0.1, 0.15) is 5.75 Å². The van der Waals surface area contributed by atoms with Crippen LogP contribution in [0.2, 0.25) is 0 Å². The second-order valence-electron chi connectivity index (χ2n) is 8.79. The van der Waals surface area contributed by atoms with Crippen LogP contribution in [-0.4, -0.2) is 13.0 Å². The fraction of sp³-hybridized carbons (Fsp3) is 0.481. The highest BCUT2D eigenvalue weighted by atomic mass is 19.4. The van der Waals surface area contributed by atoms with Crippen LogP contribution < -0.4 is 4.74 Å². The molecule has 1 aliphatic carbocycles. The van der Waals surface area contributed by atoms with Gasteiger partial charge in [-0.3, -0.25) is 0 Å². The molecule has 0 atom stereocenters. The minimum absolute atomic E-state index is 0.136. The highest BCUT2D eigenvalue weighted by Crippen LogP contribution is 2.38. The van der Waals surface area contributed by atoms with Crippen LogP contribution in [0, 0.1) is 5.92 Å². The maximum absolute atomic E-state index is 14.5. The zero-order valence-corrected chi connectivity index (χ0v) is 19.3. The van der Waals surface area contributed by atoms with Crippen molar-refractivity contribution in [3.63, 3.8) is 0 Å². The molecule has 3 rings (SSSR count). The molecule has 34 heavy (non-hydrogen) atoms. The Kier molecular flexibility index (Phi) is 9.11. The van der Waals surface area contributed by atoms with E-state index in [0.29, 0.717) is 11.5 Å². The lowest BCUT2D eigenvalue weighted by molar-refractivity contribution is -0.274. The third-order valence-corrected chi connectivity index (χ3v) is 6.37. The monoisotopic (exact) mass is 482 g/mol. The van der Waals surface area contributed by atoms with Crippen LogP contribution in [0.15, 0.2) is 60.7 Å². The molecule has 1 fully saturated rings. The van der Waals surface area contributed by atoms with Gasteiger partial charge in [-0.05, 0) is 87.0 Å². The molecule has 2 nitrogen and oxygen atoms in total. The lowest BCUT2D eigenvalue weighted by Crippen LogP contribution is -2.20. The van der Waals surface area contributed by atoms with Gasteiger partial charge in [-0.1, -0.05) is 48.6 Å². The summed E-state index contributed by atoms with van der Waals surface area (Å²) in [6.07, 6.45) is 3.06. The van der Waals surface area contributed by atoms with Crippen LogP contribution in [0.3, 0.4) is 0 Å². The number of halogens is 5. The van der Waals surface area contributed by atoms with Gasteiger partial charge in [0.05, 0.1) is 12.2 Å². The van der Waals surface area contributed by atoms with E-state index >= 15 is 0 Å². The number of hydrogen-bond donors (Lipinski definition) is 0. The van der Waals surface area contributed by atoms with Gasteiger partial charge in [0.25, 0.3) is 0 Å². The predicted octanol–water partition coefficient (Wildman–Crippen LogP) is 8.52. The Labute approximate surface area is 197 Å². The van der Waals surface area contributed by atoms with E-state index in [4.69, 9.17) is 4.74 Å². The zero-order chi connectivity index (χ0) is 24.6. The molecular weight excluding hydrogens is 451 g/mol. The highest BCUT2D eigenvalue weighted by Gasteiger charge is 2.33. The number of rotatable bonds is 10. The number of benzene rings is 2. The minimum atomic E-state index is -4.77. The summed E-state index contributed by atoms with van der Waals surface area (Å²) in [5.41, 5.74) is 1.46. The van der Waals surface area contributed by atoms with Crippen LogP contribution in [0.1, 0.15) is 68.1 Å². The Bertz CT molecular complexity index is 896. The van der Waals surface area contributed by atoms with E-state index in [1.54, 1.807) is 12.1 Å². The van der Waals surface area contributed by atoms with E-state index in [9.17, 15) is 22.0 Å². The molecular formula is C27H31F5O2. The van der Waals surface area contributed by atoms with Crippen molar-refractivity contribution in [3.8, 4) is 5.75 Å². The quantitative estimate of drug-likeness (QED) is 0.250. The molecule has 0 aliphatic heterocycles. The van der Waals surface area contributed by atoms with Gasteiger partial charge in [-0.2, -0.15) is 8.78 Å². The van der Waals surface area contributed by atoms with Gasteiger partial charge in [0.2, 0.25) is 0 Å². The second kappa shape index (κ2) is 11.8. The first kappa shape index (κ1) is 26.2. The first-order chi connectivity index (χ1) is 16.2. The second-order valence-corrected chi connectivity index (χ2v) is 8.79. The summed E-state index contributed by atoms with van der Waals surface area (Å²) in [6.45, 7) is 1.76. The van der Waals surface area contributed by atoms with Gasteiger partial charge < -0.3 is 9.47 Å². The molecule has 1 saturated carbocycles. The summed E-state index contributed by atoms with van der Waals surface area (Å²) >= 11 is 0. The van der Waals surface area contributed by atoms with E-state index in [1.165, 1.54) is 43.5 Å². The van der Waals surface area contributed by atoms with E-state index in [0.717, 1.165) is 42.9 Å². The minimum Gasteiger partial charge on any atom is -0.406 e. The fourth-order valence-corrected chi connectivity index (χ4v) is 4.47. The summed E-state index contributed by atoms with van der Waals surface area (Å²) in [7, 11) is 0. The molecule has 0 spiro atoms. The standard InChI is InChI=1S/C27H31F5O2/c1-2-3-4-5-20-6-10-22(11-7-20)23-12-14-24(15-13-23)26(28,29)33-19-18-21-8-16-25(17-9-21)34-27(30,31)32/h2-3,8-9,12-17,20,22H,4-7,10-11,18-19H2,1H3/b3-2+. The fourth-order valence-electron chi connectivity index (χ4n) is 4.47. The summed E-state index contributed by atoms with van der Waals surface area (Å²) in [6, 6.07) is 11.5. The van der Waals surface area contributed by atoms with Gasteiger partial charge >= 0.3 is 12.5 Å². The molecule has 0 radical (unpaired) electrons. The molecule has 0 unspecified atom stereocenters. The predicted molar refractivity (Wildman–Crippen MR) is 122 cm³/mol. The van der Waals surface area contributed by atoms with Gasteiger partial charge in [-0.15, -0.1) is 13.2 Å². The molecule has 1 aliphatic rings. The Hall–Kier alpha value is -2.41. The summed E-state index contributed by atoms with van der Waals surface area (Å²) in [5, 5.41) is 0. The molecule has 0 bridgehead atoms. The van der Waals surface area contributed by atoms with Gasteiger partial charge in [-0.25, -0.2) is 0 Å². The van der Waals surface area contributed by atoms with Crippen molar-refractivity contribution in [3.05, 3.63) is 77.4 Å². The first-order valence-corrected chi connectivity index (χ1v) is 11.7. The van der Waals surface area contributed by atoms with Gasteiger partial charge in [0, 0.05) is 0 Å². The van der Waals surface area contributed by atoms with Crippen molar-refractivity contribution in [1.29, 1.82) is 0 Å². The van der Waals surface area contributed by atoms with Crippen LogP contribution in [0.5, 0.6) is 5.75 Å². The number of hydrogen-bond acceptors (Lipinski definition) is 2. The van der Waals surface area contributed by atoms with Crippen molar-refractivity contribution >= 4 is 0 Å². The Morgan fingerprint density at radius 2 is 1.53 bits per heavy atom. The zero-order valence-electron chi connectivity index (χ0n) is 19.3. The highest BCUT2D eigenvalue weighted by molar-refractivity contribution is 5.28. The SMILES string of the molecule is C/C=C/CCC1CCC(c2ccc(C(F)(F)OCCc3ccc(OC(F)(F)F)cc3)cc2)CC1. The van der Waals surface area contributed by atoms with Crippen LogP contribution in [-0.2, 0) is 17.3 Å². The number of ether oxygens (including phenoxy) is 2.